The third kappa shape index (κ3) is 5.05. The monoisotopic (exact) mass is 540 g/mol. The van der Waals surface area contributed by atoms with Gasteiger partial charge in [-0.2, -0.15) is 21.6 Å². The van der Waals surface area contributed by atoms with Crippen molar-refractivity contribution < 1.29 is 39.0 Å². The van der Waals surface area contributed by atoms with Crippen LogP contribution in [-0.4, -0.2) is 17.2 Å². The van der Waals surface area contributed by atoms with E-state index in [1.807, 2.05) is 0 Å². The van der Waals surface area contributed by atoms with Crippen LogP contribution in [0, 0.1) is 0 Å². The summed E-state index contributed by atoms with van der Waals surface area (Å²) >= 11 is -2.97. The van der Waals surface area contributed by atoms with Crippen LogP contribution in [0.2, 0.25) is 0 Å². The Labute approximate surface area is 204 Å². The van der Waals surface area contributed by atoms with Gasteiger partial charge in [-0.25, -0.2) is 13.3 Å². The van der Waals surface area contributed by atoms with Gasteiger partial charge in [-0.05, 0) is 54.6 Å². The van der Waals surface area contributed by atoms with E-state index in [1.165, 1.54) is 42.5 Å². The predicted molar refractivity (Wildman–Crippen MR) is 126 cm³/mol. The number of nitrogen functional groups attached to an aromatic ring is 1. The quantitative estimate of drug-likeness (QED) is 0.158. The molecule has 14 heteroatoms. The maximum absolute atomic E-state index is 13.1. The molecule has 0 aliphatic carbocycles. The SMILES string of the molecule is Nc1ccc(S(=O)(=O)Oc2cccc3cc(N(c4cccc(C(F)(F)F)c4)S(=O)O)c(=O)oc23)cc1. The number of hydrogen-bond acceptors (Lipinski definition) is 7. The lowest BCUT2D eigenvalue weighted by Gasteiger charge is -2.20. The van der Waals surface area contributed by atoms with Crippen molar-refractivity contribution in [3.8, 4) is 5.75 Å². The highest BCUT2D eigenvalue weighted by molar-refractivity contribution is 7.87. The molecule has 0 fully saturated rings. The van der Waals surface area contributed by atoms with E-state index in [2.05, 4.69) is 0 Å². The second-order valence-corrected chi connectivity index (χ2v) is 9.65. The Morgan fingerprint density at radius 3 is 2.31 bits per heavy atom. The van der Waals surface area contributed by atoms with E-state index in [-0.39, 0.29) is 21.6 Å². The first kappa shape index (κ1) is 25.2. The minimum Gasteiger partial charge on any atom is -0.417 e. The molecule has 0 aliphatic rings. The number of para-hydroxylation sites is 1. The molecule has 3 aromatic carbocycles. The van der Waals surface area contributed by atoms with Crippen LogP contribution in [-0.2, 0) is 27.6 Å². The predicted octanol–water partition coefficient (Wildman–Crippen LogP) is 4.44. The molecule has 1 atom stereocenters. The van der Waals surface area contributed by atoms with Crippen LogP contribution >= 0.6 is 0 Å². The van der Waals surface area contributed by atoms with Gasteiger partial charge in [0.2, 0.25) is 0 Å². The average Bonchev–Trinajstić information content (AvgIpc) is 2.80. The van der Waals surface area contributed by atoms with E-state index in [0.717, 1.165) is 24.3 Å². The number of fused-ring (bicyclic) bond motifs is 1. The maximum Gasteiger partial charge on any atom is 0.416 e. The summed E-state index contributed by atoms with van der Waals surface area (Å²) in [4.78, 5) is 12.5. The number of halogens is 3. The molecule has 0 bridgehead atoms. The van der Waals surface area contributed by atoms with Crippen LogP contribution in [0.15, 0.2) is 86.9 Å². The van der Waals surface area contributed by atoms with Gasteiger partial charge in [0.15, 0.2) is 11.3 Å². The van der Waals surface area contributed by atoms with E-state index in [4.69, 9.17) is 14.3 Å². The van der Waals surface area contributed by atoms with E-state index in [9.17, 15) is 35.1 Å². The summed E-state index contributed by atoms with van der Waals surface area (Å²) in [5.74, 6) is -0.358. The highest BCUT2D eigenvalue weighted by Gasteiger charge is 2.32. The second kappa shape index (κ2) is 9.29. The van der Waals surface area contributed by atoms with Gasteiger partial charge in [-0.1, -0.05) is 18.2 Å². The number of nitrogens with zero attached hydrogens (tertiary/aromatic N) is 1. The molecule has 1 heterocycles. The molecule has 188 valence electrons. The molecule has 3 N–H and O–H groups in total. The summed E-state index contributed by atoms with van der Waals surface area (Å²) in [5.41, 5.74) is 2.26. The third-order valence-electron chi connectivity index (χ3n) is 4.86. The largest absolute Gasteiger partial charge is 0.417 e. The van der Waals surface area contributed by atoms with Crippen molar-refractivity contribution in [3.05, 3.63) is 88.8 Å². The topological polar surface area (TPSA) is 140 Å². The number of rotatable bonds is 6. The van der Waals surface area contributed by atoms with Crippen LogP contribution < -0.4 is 19.8 Å². The van der Waals surface area contributed by atoms with Crippen molar-refractivity contribution in [2.24, 2.45) is 0 Å². The minimum absolute atomic E-state index is 0.0667. The van der Waals surface area contributed by atoms with Gasteiger partial charge in [-0.3, -0.25) is 4.55 Å². The van der Waals surface area contributed by atoms with Crippen molar-refractivity contribution in [3.63, 3.8) is 0 Å². The molecule has 4 rings (SSSR count). The van der Waals surface area contributed by atoms with Gasteiger partial charge >= 0.3 is 21.9 Å². The molecule has 1 unspecified atom stereocenters. The summed E-state index contributed by atoms with van der Waals surface area (Å²) in [7, 11) is -4.36. The van der Waals surface area contributed by atoms with Crippen LogP contribution in [0.1, 0.15) is 5.56 Å². The number of alkyl halides is 3. The van der Waals surface area contributed by atoms with Crippen LogP contribution in [0.3, 0.4) is 0 Å². The number of anilines is 3. The van der Waals surface area contributed by atoms with Crippen LogP contribution in [0.5, 0.6) is 5.75 Å². The van der Waals surface area contributed by atoms with E-state index >= 15 is 0 Å². The fourth-order valence-corrected chi connectivity index (χ4v) is 4.76. The first-order valence-electron chi connectivity index (χ1n) is 9.82. The standard InChI is InChI=1S/C22H15F3N2O7S2/c23-22(24,25)14-4-2-5-16(12-14)27(35(29)30)18-11-13-3-1-6-19(20(13)33-21(18)28)34-36(31,32)17-9-7-15(26)8-10-17/h1-12H,26H2,(H,29,30). The Hall–Kier alpha value is -3.88. The molecule has 1 aromatic heterocycles. The van der Waals surface area contributed by atoms with Crippen molar-refractivity contribution >= 4 is 49.4 Å². The van der Waals surface area contributed by atoms with E-state index in [1.54, 1.807) is 0 Å². The lowest BCUT2D eigenvalue weighted by Crippen LogP contribution is -2.25. The van der Waals surface area contributed by atoms with Crippen molar-refractivity contribution in [2.75, 3.05) is 10.0 Å². The van der Waals surface area contributed by atoms with Gasteiger partial charge < -0.3 is 14.3 Å². The summed E-state index contributed by atoms with van der Waals surface area (Å²) in [6.07, 6.45) is -4.74. The molecule has 0 saturated heterocycles. The normalized spacial score (nSPS) is 12.9. The lowest BCUT2D eigenvalue weighted by atomic mass is 10.2. The fourth-order valence-electron chi connectivity index (χ4n) is 3.24. The second-order valence-electron chi connectivity index (χ2n) is 7.27. The molecule has 0 radical (unpaired) electrons. The third-order valence-corrected chi connectivity index (χ3v) is 6.83. The maximum atomic E-state index is 13.1. The van der Waals surface area contributed by atoms with E-state index < -0.39 is 50.1 Å². The van der Waals surface area contributed by atoms with Gasteiger partial charge in [0.05, 0.1) is 11.3 Å². The van der Waals surface area contributed by atoms with Crippen molar-refractivity contribution in [1.29, 1.82) is 0 Å². The molecule has 36 heavy (non-hydrogen) atoms. The van der Waals surface area contributed by atoms with Crippen molar-refractivity contribution in [2.45, 2.75) is 11.1 Å². The summed E-state index contributed by atoms with van der Waals surface area (Å²) in [6.45, 7) is 0. The lowest BCUT2D eigenvalue weighted by molar-refractivity contribution is -0.137. The van der Waals surface area contributed by atoms with Crippen molar-refractivity contribution in [1.82, 2.24) is 0 Å². The minimum atomic E-state index is -4.74. The zero-order chi connectivity index (χ0) is 26.3. The van der Waals surface area contributed by atoms with E-state index in [0.29, 0.717) is 16.1 Å². The smallest absolute Gasteiger partial charge is 0.416 e. The Morgan fingerprint density at radius 2 is 1.67 bits per heavy atom. The van der Waals surface area contributed by atoms with Crippen LogP contribution in [0.4, 0.5) is 30.2 Å². The summed E-state index contributed by atoms with van der Waals surface area (Å²) < 4.78 is 97.3. The van der Waals surface area contributed by atoms with Gasteiger partial charge in [0, 0.05) is 11.1 Å². The van der Waals surface area contributed by atoms with Gasteiger partial charge in [0.25, 0.3) is 11.3 Å². The zero-order valence-corrected chi connectivity index (χ0v) is 19.4. The van der Waals surface area contributed by atoms with Crippen LogP contribution in [0.25, 0.3) is 11.0 Å². The fraction of sp³-hybridized carbons (Fsp3) is 0.0455. The first-order chi connectivity index (χ1) is 16.9. The Balaban J connectivity index is 1.80. The molecular weight excluding hydrogens is 525 g/mol. The van der Waals surface area contributed by atoms with Gasteiger partial charge in [-0.15, -0.1) is 0 Å². The Kier molecular flexibility index (Phi) is 6.51. The molecule has 4 aromatic rings. The summed E-state index contributed by atoms with van der Waals surface area (Å²) in [6, 6.07) is 13.6. The Bertz CT molecular complexity index is 1640. The summed E-state index contributed by atoms with van der Waals surface area (Å²) in [5, 5.41) is 0.0667. The molecular formula is C22H15F3N2O7S2. The molecule has 0 aliphatic heterocycles. The molecule has 0 amide bonds. The number of benzene rings is 3. The highest BCUT2D eigenvalue weighted by atomic mass is 32.2. The average molecular weight is 540 g/mol. The first-order valence-corrected chi connectivity index (χ1v) is 12.3. The highest BCUT2D eigenvalue weighted by Crippen LogP contribution is 2.35. The molecule has 0 spiro atoms. The molecule has 9 nitrogen and oxygen atoms in total. The van der Waals surface area contributed by atoms with Gasteiger partial charge in [0.1, 0.15) is 10.6 Å². The Morgan fingerprint density at radius 1 is 1.00 bits per heavy atom. The number of nitrogens with two attached hydrogens (primary N) is 1. The zero-order valence-electron chi connectivity index (χ0n) is 17.8. The molecule has 0 saturated carbocycles. The number of hydrogen-bond donors (Lipinski definition) is 2.